The van der Waals surface area contributed by atoms with Crippen LogP contribution in [0.3, 0.4) is 0 Å². The number of ether oxygens (including phenoxy) is 1. The van der Waals surface area contributed by atoms with E-state index in [1.54, 1.807) is 0 Å². The molecule has 1 aliphatic carbocycles. The fourth-order valence-electron chi connectivity index (χ4n) is 3.44. The third-order valence-electron chi connectivity index (χ3n) is 5.13. The molecule has 1 saturated carbocycles. The van der Waals surface area contributed by atoms with Crippen molar-refractivity contribution in [3.63, 3.8) is 0 Å². The number of benzene rings is 1. The van der Waals surface area contributed by atoms with Crippen LogP contribution >= 0.6 is 11.3 Å². The minimum atomic E-state index is -0.238. The van der Waals surface area contributed by atoms with Crippen LogP contribution in [0.4, 0.5) is 5.69 Å². The predicted octanol–water partition coefficient (Wildman–Crippen LogP) is 3.23. The van der Waals surface area contributed by atoms with E-state index in [0.29, 0.717) is 18.9 Å². The van der Waals surface area contributed by atoms with Crippen LogP contribution in [-0.2, 0) is 9.59 Å². The Balaban J connectivity index is 1.37. The minimum Gasteiger partial charge on any atom is -0.475 e. The van der Waals surface area contributed by atoms with Gasteiger partial charge in [0.1, 0.15) is 11.4 Å². The number of aromatic nitrogens is 3. The first kappa shape index (κ1) is 18.6. The number of nitrogens with zero attached hydrogens (tertiary/aromatic N) is 3. The molecule has 0 atom stereocenters. The lowest BCUT2D eigenvalue weighted by Gasteiger charge is -2.16. The van der Waals surface area contributed by atoms with Gasteiger partial charge in [-0.1, -0.05) is 23.5 Å². The van der Waals surface area contributed by atoms with Crippen LogP contribution in [0.15, 0.2) is 42.6 Å². The molecule has 0 spiro atoms. The van der Waals surface area contributed by atoms with Gasteiger partial charge in [0.15, 0.2) is 4.96 Å². The van der Waals surface area contributed by atoms with Gasteiger partial charge >= 0.3 is 0 Å². The monoisotopic (exact) mass is 421 g/mol. The maximum absolute atomic E-state index is 11.3. The fourth-order valence-corrected chi connectivity index (χ4v) is 4.41. The Labute approximate surface area is 175 Å². The summed E-state index contributed by atoms with van der Waals surface area (Å²) in [5.74, 6) is 0.506. The van der Waals surface area contributed by atoms with Crippen molar-refractivity contribution < 1.29 is 14.3 Å². The van der Waals surface area contributed by atoms with Crippen LogP contribution in [0.25, 0.3) is 26.6 Å². The molecule has 1 aliphatic rings. The largest absolute Gasteiger partial charge is 0.475 e. The average molecular weight is 421 g/mol. The first-order valence-electron chi connectivity index (χ1n) is 9.56. The highest BCUT2D eigenvalue weighted by Gasteiger charge is 2.44. The lowest BCUT2D eigenvalue weighted by molar-refractivity contribution is -0.120. The van der Waals surface area contributed by atoms with Gasteiger partial charge in [-0.05, 0) is 31.0 Å². The van der Waals surface area contributed by atoms with E-state index in [2.05, 4.69) is 15.6 Å². The second-order valence-electron chi connectivity index (χ2n) is 7.44. The van der Waals surface area contributed by atoms with Crippen molar-refractivity contribution in [2.45, 2.75) is 25.3 Å². The predicted molar refractivity (Wildman–Crippen MR) is 115 cm³/mol. The van der Waals surface area contributed by atoms with Crippen molar-refractivity contribution in [1.29, 1.82) is 0 Å². The summed E-state index contributed by atoms with van der Waals surface area (Å²) in [6.45, 7) is 1.95. The van der Waals surface area contributed by atoms with E-state index < -0.39 is 0 Å². The van der Waals surface area contributed by atoms with Crippen molar-refractivity contribution in [3.05, 3.63) is 42.6 Å². The second-order valence-corrected chi connectivity index (χ2v) is 8.40. The summed E-state index contributed by atoms with van der Waals surface area (Å²) in [4.78, 5) is 32.9. The van der Waals surface area contributed by atoms with E-state index in [4.69, 9.17) is 9.72 Å². The zero-order chi connectivity index (χ0) is 20.7. The van der Waals surface area contributed by atoms with Gasteiger partial charge in [-0.15, -0.1) is 0 Å². The molecular formula is C21H19N5O3S. The normalized spacial score (nSPS) is 14.6. The number of fused-ring (bicyclic) bond motifs is 3. The number of hydrogen-bond acceptors (Lipinski definition) is 6. The highest BCUT2D eigenvalue weighted by molar-refractivity contribution is 7.23. The van der Waals surface area contributed by atoms with Gasteiger partial charge in [0, 0.05) is 30.4 Å². The molecule has 5 rings (SSSR count). The molecule has 0 bridgehead atoms. The van der Waals surface area contributed by atoms with Gasteiger partial charge in [-0.25, -0.2) is 9.97 Å². The SMILES string of the molecule is CC(=O)NC1(COc2ccc3c(n2)sc2nc(-c4ccc(NC=O)cc4)cn23)CC1. The molecule has 4 aromatic rings. The summed E-state index contributed by atoms with van der Waals surface area (Å²) in [5, 5.41) is 5.59. The van der Waals surface area contributed by atoms with Crippen LogP contribution in [-0.4, -0.2) is 38.8 Å². The Morgan fingerprint density at radius 2 is 2.03 bits per heavy atom. The first-order chi connectivity index (χ1) is 14.5. The Hall–Kier alpha value is -3.46. The molecule has 3 aromatic heterocycles. The maximum Gasteiger partial charge on any atom is 0.217 e. The van der Waals surface area contributed by atoms with E-state index >= 15 is 0 Å². The second kappa shape index (κ2) is 7.10. The van der Waals surface area contributed by atoms with Gasteiger partial charge in [-0.2, -0.15) is 0 Å². The topological polar surface area (TPSA) is 97.6 Å². The number of anilines is 1. The molecule has 9 heteroatoms. The van der Waals surface area contributed by atoms with Crippen LogP contribution in [0.2, 0.25) is 0 Å². The highest BCUT2D eigenvalue weighted by atomic mass is 32.1. The van der Waals surface area contributed by atoms with Gasteiger partial charge in [0.2, 0.25) is 18.2 Å². The molecule has 0 radical (unpaired) electrons. The van der Waals surface area contributed by atoms with Crippen LogP contribution in [0.1, 0.15) is 19.8 Å². The van der Waals surface area contributed by atoms with E-state index in [1.165, 1.54) is 18.3 Å². The van der Waals surface area contributed by atoms with E-state index in [-0.39, 0.29) is 11.4 Å². The van der Waals surface area contributed by atoms with Crippen molar-refractivity contribution in [1.82, 2.24) is 19.7 Å². The summed E-state index contributed by atoms with van der Waals surface area (Å²) >= 11 is 1.49. The molecule has 0 aliphatic heterocycles. The van der Waals surface area contributed by atoms with Gasteiger partial charge < -0.3 is 15.4 Å². The molecule has 0 saturated heterocycles. The van der Waals surface area contributed by atoms with Crippen LogP contribution in [0.5, 0.6) is 5.88 Å². The molecule has 2 N–H and O–H groups in total. The number of carbonyl (C=O) groups is 2. The average Bonchev–Trinajstić information content (AvgIpc) is 3.22. The summed E-state index contributed by atoms with van der Waals surface area (Å²) in [6.07, 6.45) is 4.49. The summed E-state index contributed by atoms with van der Waals surface area (Å²) < 4.78 is 7.88. The third kappa shape index (κ3) is 3.48. The Morgan fingerprint density at radius 1 is 1.23 bits per heavy atom. The number of rotatable bonds is 7. The highest BCUT2D eigenvalue weighted by Crippen LogP contribution is 2.36. The lowest BCUT2D eigenvalue weighted by atomic mass is 10.1. The number of nitrogens with one attached hydrogen (secondary N) is 2. The zero-order valence-electron chi connectivity index (χ0n) is 16.2. The number of carbonyl (C=O) groups excluding carboxylic acids is 2. The lowest BCUT2D eigenvalue weighted by Crippen LogP contribution is -2.40. The molecule has 8 nitrogen and oxygen atoms in total. The summed E-state index contributed by atoms with van der Waals surface area (Å²) in [7, 11) is 0. The number of hydrogen-bond donors (Lipinski definition) is 2. The van der Waals surface area contributed by atoms with Crippen molar-refractivity contribution in [2.75, 3.05) is 11.9 Å². The quantitative estimate of drug-likeness (QED) is 0.447. The smallest absolute Gasteiger partial charge is 0.217 e. The van der Waals surface area contributed by atoms with Gasteiger partial charge in [0.25, 0.3) is 0 Å². The Kier molecular flexibility index (Phi) is 4.39. The van der Waals surface area contributed by atoms with Crippen molar-refractivity contribution in [3.8, 4) is 17.1 Å². The Morgan fingerprint density at radius 3 is 2.73 bits per heavy atom. The number of imidazole rings is 1. The van der Waals surface area contributed by atoms with E-state index in [1.807, 2.05) is 47.0 Å². The number of thiazole rings is 1. The zero-order valence-corrected chi connectivity index (χ0v) is 17.0. The molecule has 2 amide bonds. The van der Waals surface area contributed by atoms with Crippen molar-refractivity contribution in [2.24, 2.45) is 0 Å². The molecule has 152 valence electrons. The van der Waals surface area contributed by atoms with Gasteiger partial charge in [-0.3, -0.25) is 14.0 Å². The summed E-state index contributed by atoms with van der Waals surface area (Å²) in [6, 6.07) is 11.3. The molecule has 0 unspecified atom stereocenters. The van der Waals surface area contributed by atoms with Crippen LogP contribution < -0.4 is 15.4 Å². The fraction of sp³-hybridized carbons (Fsp3) is 0.238. The molecule has 30 heavy (non-hydrogen) atoms. The number of amides is 2. The van der Waals surface area contributed by atoms with Crippen molar-refractivity contribution >= 4 is 44.6 Å². The minimum absolute atomic E-state index is 0.0376. The number of pyridine rings is 1. The standard InChI is InChI=1S/C21H19N5O3S/c1-13(28)25-21(8-9-21)11-29-18-7-6-17-19(24-18)30-20-23-16(10-26(17)20)14-2-4-15(5-3-14)22-12-27/h2-7,10,12H,8-9,11H2,1H3,(H,22,27)(H,25,28). The third-order valence-corrected chi connectivity index (χ3v) is 6.10. The molecular weight excluding hydrogens is 402 g/mol. The molecule has 1 aromatic carbocycles. The van der Waals surface area contributed by atoms with E-state index in [9.17, 15) is 9.59 Å². The molecule has 1 fully saturated rings. The van der Waals surface area contributed by atoms with E-state index in [0.717, 1.165) is 45.1 Å². The first-order valence-corrected chi connectivity index (χ1v) is 10.4. The van der Waals surface area contributed by atoms with Crippen LogP contribution in [0, 0.1) is 0 Å². The summed E-state index contributed by atoms with van der Waals surface area (Å²) in [5.41, 5.74) is 3.29. The Bertz CT molecular complexity index is 1260. The van der Waals surface area contributed by atoms with Gasteiger partial charge in [0.05, 0.1) is 16.7 Å². The maximum atomic E-state index is 11.3. The molecule has 3 heterocycles.